The van der Waals surface area contributed by atoms with Gasteiger partial charge in [-0.05, 0) is 24.0 Å². The minimum Gasteiger partial charge on any atom is -0.327 e. The number of likely N-dealkylation sites (tertiary alicyclic amines) is 1. The highest BCUT2D eigenvalue weighted by atomic mass is 35.5. The van der Waals surface area contributed by atoms with Crippen LogP contribution in [0.3, 0.4) is 0 Å². The van der Waals surface area contributed by atoms with Crippen molar-refractivity contribution in [2.45, 2.75) is 25.9 Å². The molecule has 88 valence electrons. The molecule has 1 aromatic heterocycles. The molecule has 0 spiro atoms. The highest BCUT2D eigenvalue weighted by Crippen LogP contribution is 2.20. The highest BCUT2D eigenvalue weighted by Gasteiger charge is 2.22. The van der Waals surface area contributed by atoms with Crippen LogP contribution in [0.5, 0.6) is 0 Å². The first-order valence-electron chi connectivity index (χ1n) is 5.71. The van der Waals surface area contributed by atoms with Gasteiger partial charge in [0.25, 0.3) is 0 Å². The molecule has 0 aliphatic carbocycles. The topological polar surface area (TPSA) is 42.1 Å². The molecule has 2 atom stereocenters. The molecule has 0 saturated carbocycles. The van der Waals surface area contributed by atoms with Gasteiger partial charge in [0.05, 0.1) is 5.02 Å². The van der Waals surface area contributed by atoms with Crippen molar-refractivity contribution >= 4 is 11.6 Å². The van der Waals surface area contributed by atoms with E-state index in [1.807, 2.05) is 6.07 Å². The summed E-state index contributed by atoms with van der Waals surface area (Å²) in [7, 11) is 0. The van der Waals surface area contributed by atoms with Crippen molar-refractivity contribution in [2.24, 2.45) is 11.7 Å². The predicted molar refractivity (Wildman–Crippen MR) is 66.3 cm³/mol. The maximum absolute atomic E-state index is 6.10. The lowest BCUT2D eigenvalue weighted by Gasteiger charge is -2.34. The van der Waals surface area contributed by atoms with Gasteiger partial charge in [-0.2, -0.15) is 0 Å². The summed E-state index contributed by atoms with van der Waals surface area (Å²) in [5.74, 6) is 0.671. The third-order valence-electron chi connectivity index (χ3n) is 3.02. The van der Waals surface area contributed by atoms with Crippen molar-refractivity contribution in [3.63, 3.8) is 0 Å². The van der Waals surface area contributed by atoms with E-state index in [0.717, 1.165) is 36.6 Å². The molecule has 2 N–H and O–H groups in total. The zero-order chi connectivity index (χ0) is 11.5. The monoisotopic (exact) mass is 239 g/mol. The van der Waals surface area contributed by atoms with Crippen LogP contribution in [-0.2, 0) is 6.54 Å². The van der Waals surface area contributed by atoms with Crippen LogP contribution in [0.2, 0.25) is 5.02 Å². The number of hydrogen-bond donors (Lipinski definition) is 1. The summed E-state index contributed by atoms with van der Waals surface area (Å²) in [6.45, 7) is 5.19. The average molecular weight is 240 g/mol. The summed E-state index contributed by atoms with van der Waals surface area (Å²) in [6.07, 6.45) is 4.61. The van der Waals surface area contributed by atoms with Crippen LogP contribution >= 0.6 is 11.6 Å². The molecule has 1 aromatic rings. The molecular formula is C12H18ClN3. The lowest BCUT2D eigenvalue weighted by Crippen LogP contribution is -2.45. The molecule has 4 heteroatoms. The van der Waals surface area contributed by atoms with Gasteiger partial charge in [-0.25, -0.2) is 0 Å². The van der Waals surface area contributed by atoms with Gasteiger partial charge in [0.1, 0.15) is 0 Å². The van der Waals surface area contributed by atoms with Gasteiger partial charge in [-0.3, -0.25) is 9.88 Å². The molecule has 16 heavy (non-hydrogen) atoms. The molecule has 0 amide bonds. The fourth-order valence-corrected chi connectivity index (χ4v) is 2.59. The summed E-state index contributed by atoms with van der Waals surface area (Å²) >= 11 is 6.10. The molecule has 1 saturated heterocycles. The fourth-order valence-electron chi connectivity index (χ4n) is 2.42. The number of aromatic nitrogens is 1. The Balaban J connectivity index is 2.02. The number of halogens is 1. The molecule has 1 aliphatic rings. The van der Waals surface area contributed by atoms with Gasteiger partial charge in [0, 0.05) is 38.1 Å². The van der Waals surface area contributed by atoms with Crippen molar-refractivity contribution in [1.82, 2.24) is 9.88 Å². The standard InChI is InChI=1S/C12H18ClN3/c1-9-4-11(14)8-16(6-9)7-10-2-3-15-5-12(10)13/h2-3,5,9,11H,4,6-8,14H2,1H3. The predicted octanol–water partition coefficient (Wildman–Crippen LogP) is 1.90. The summed E-state index contributed by atoms with van der Waals surface area (Å²) in [5, 5.41) is 0.745. The summed E-state index contributed by atoms with van der Waals surface area (Å²) < 4.78 is 0. The Kier molecular flexibility index (Phi) is 3.79. The number of rotatable bonds is 2. The Morgan fingerprint density at radius 1 is 1.56 bits per heavy atom. The van der Waals surface area contributed by atoms with E-state index < -0.39 is 0 Å². The largest absolute Gasteiger partial charge is 0.327 e. The smallest absolute Gasteiger partial charge is 0.0634 e. The lowest BCUT2D eigenvalue weighted by atomic mass is 9.96. The first-order valence-corrected chi connectivity index (χ1v) is 6.09. The van der Waals surface area contributed by atoms with Crippen molar-refractivity contribution in [3.8, 4) is 0 Å². The molecule has 0 aromatic carbocycles. The Morgan fingerprint density at radius 3 is 3.06 bits per heavy atom. The van der Waals surface area contributed by atoms with E-state index in [4.69, 9.17) is 17.3 Å². The Labute approximate surface area is 102 Å². The molecule has 2 rings (SSSR count). The number of nitrogens with zero attached hydrogens (tertiary/aromatic N) is 2. The average Bonchev–Trinajstić information content (AvgIpc) is 2.20. The normalized spacial score (nSPS) is 26.9. The molecule has 1 fully saturated rings. The number of pyridine rings is 1. The first-order chi connectivity index (χ1) is 7.65. The molecule has 3 nitrogen and oxygen atoms in total. The minimum atomic E-state index is 0.296. The quantitative estimate of drug-likeness (QED) is 0.857. The van der Waals surface area contributed by atoms with E-state index in [1.165, 1.54) is 0 Å². The third-order valence-corrected chi connectivity index (χ3v) is 3.36. The molecular weight excluding hydrogens is 222 g/mol. The highest BCUT2D eigenvalue weighted by molar-refractivity contribution is 6.31. The van der Waals surface area contributed by atoms with Crippen LogP contribution in [0, 0.1) is 5.92 Å². The van der Waals surface area contributed by atoms with Gasteiger partial charge >= 0.3 is 0 Å². The Bertz CT molecular complexity index is 346. The van der Waals surface area contributed by atoms with E-state index in [2.05, 4.69) is 16.8 Å². The number of hydrogen-bond acceptors (Lipinski definition) is 3. The minimum absolute atomic E-state index is 0.296. The summed E-state index contributed by atoms with van der Waals surface area (Å²) in [6, 6.07) is 2.28. The van der Waals surface area contributed by atoms with Gasteiger partial charge in [-0.1, -0.05) is 18.5 Å². The van der Waals surface area contributed by atoms with E-state index in [9.17, 15) is 0 Å². The lowest BCUT2D eigenvalue weighted by molar-refractivity contribution is 0.158. The molecule has 0 bridgehead atoms. The molecule has 1 aliphatic heterocycles. The number of piperidine rings is 1. The van der Waals surface area contributed by atoms with E-state index in [1.54, 1.807) is 12.4 Å². The number of nitrogens with two attached hydrogens (primary N) is 1. The second-order valence-corrected chi connectivity index (χ2v) is 5.17. The van der Waals surface area contributed by atoms with Crippen LogP contribution in [0.15, 0.2) is 18.5 Å². The van der Waals surface area contributed by atoms with Crippen molar-refractivity contribution in [3.05, 3.63) is 29.0 Å². The first kappa shape index (κ1) is 11.8. The van der Waals surface area contributed by atoms with Gasteiger partial charge in [-0.15, -0.1) is 0 Å². The third kappa shape index (κ3) is 2.94. The van der Waals surface area contributed by atoms with Gasteiger partial charge < -0.3 is 5.73 Å². The van der Waals surface area contributed by atoms with Crippen LogP contribution in [0.25, 0.3) is 0 Å². The SMILES string of the molecule is CC1CC(N)CN(Cc2ccncc2Cl)C1. The maximum Gasteiger partial charge on any atom is 0.0634 e. The van der Waals surface area contributed by atoms with Crippen molar-refractivity contribution < 1.29 is 0 Å². The molecule has 2 unspecified atom stereocenters. The van der Waals surface area contributed by atoms with Crippen molar-refractivity contribution in [2.75, 3.05) is 13.1 Å². The van der Waals surface area contributed by atoms with Crippen LogP contribution in [0.1, 0.15) is 18.9 Å². The van der Waals surface area contributed by atoms with E-state index >= 15 is 0 Å². The maximum atomic E-state index is 6.10. The van der Waals surface area contributed by atoms with E-state index in [0.29, 0.717) is 12.0 Å². The Morgan fingerprint density at radius 2 is 2.38 bits per heavy atom. The van der Waals surface area contributed by atoms with Crippen LogP contribution < -0.4 is 5.73 Å². The summed E-state index contributed by atoms with van der Waals surface area (Å²) in [5.41, 5.74) is 7.16. The second-order valence-electron chi connectivity index (χ2n) is 4.76. The fraction of sp³-hybridized carbons (Fsp3) is 0.583. The zero-order valence-electron chi connectivity index (χ0n) is 9.56. The Hall–Kier alpha value is -0.640. The van der Waals surface area contributed by atoms with Crippen LogP contribution in [0.4, 0.5) is 0 Å². The van der Waals surface area contributed by atoms with E-state index in [-0.39, 0.29) is 0 Å². The molecule has 0 radical (unpaired) electrons. The van der Waals surface area contributed by atoms with Crippen molar-refractivity contribution in [1.29, 1.82) is 0 Å². The summed E-state index contributed by atoms with van der Waals surface area (Å²) in [4.78, 5) is 6.37. The van der Waals surface area contributed by atoms with Gasteiger partial charge in [0.15, 0.2) is 0 Å². The van der Waals surface area contributed by atoms with Gasteiger partial charge in [0.2, 0.25) is 0 Å². The second kappa shape index (κ2) is 5.13. The zero-order valence-corrected chi connectivity index (χ0v) is 10.3. The van der Waals surface area contributed by atoms with Crippen LogP contribution in [-0.4, -0.2) is 29.0 Å². The molecule has 2 heterocycles.